The number of nitrogens with one attached hydrogen (secondary N) is 1. The molecule has 8 heteroatoms. The third-order valence-corrected chi connectivity index (χ3v) is 3.28. The van der Waals surface area contributed by atoms with Crippen LogP contribution >= 0.6 is 15.9 Å². The highest BCUT2D eigenvalue weighted by molar-refractivity contribution is 9.10. The molecule has 22 heavy (non-hydrogen) atoms. The van der Waals surface area contributed by atoms with Gasteiger partial charge in [-0.05, 0) is 25.1 Å². The number of hydrogen-bond acceptors (Lipinski definition) is 4. The molecule has 0 saturated carbocycles. The minimum absolute atomic E-state index is 0.101. The first-order valence-electron chi connectivity index (χ1n) is 6.30. The minimum atomic E-state index is -0.654. The Balaban J connectivity index is 2.00. The number of amides is 2. The zero-order chi connectivity index (χ0) is 16.3. The molecule has 1 heterocycles. The van der Waals surface area contributed by atoms with Crippen molar-refractivity contribution in [3.8, 4) is 0 Å². The molecule has 2 aromatic rings. The summed E-state index contributed by atoms with van der Waals surface area (Å²) in [6.45, 7) is 1.45. The van der Waals surface area contributed by atoms with Crippen molar-refractivity contribution in [3.63, 3.8) is 0 Å². The van der Waals surface area contributed by atoms with E-state index in [-0.39, 0.29) is 17.9 Å². The molecule has 2 rings (SSSR count). The van der Waals surface area contributed by atoms with Crippen LogP contribution in [0.3, 0.4) is 0 Å². The molecule has 0 aliphatic rings. The number of nitrogens with zero attached hydrogens (tertiary/aromatic N) is 2. The number of anilines is 1. The van der Waals surface area contributed by atoms with Crippen molar-refractivity contribution in [2.45, 2.75) is 6.92 Å². The second-order valence-electron chi connectivity index (χ2n) is 4.66. The predicted octanol–water partition coefficient (Wildman–Crippen LogP) is 2.60. The molecule has 0 radical (unpaired) electrons. The van der Waals surface area contributed by atoms with Crippen molar-refractivity contribution < 1.29 is 18.5 Å². The fourth-order valence-corrected chi connectivity index (χ4v) is 2.10. The molecule has 116 valence electrons. The van der Waals surface area contributed by atoms with Gasteiger partial charge in [0.25, 0.3) is 5.91 Å². The number of benzene rings is 1. The van der Waals surface area contributed by atoms with Gasteiger partial charge in [0.2, 0.25) is 5.91 Å². The SMILES string of the molecule is Cc1cc(NC(=O)CN(C)C(=O)c2ccc(Br)cc2F)no1. The van der Waals surface area contributed by atoms with Gasteiger partial charge in [0.1, 0.15) is 11.6 Å². The molecule has 6 nitrogen and oxygen atoms in total. The Bertz CT molecular complexity index is 717. The number of halogens is 2. The Hall–Kier alpha value is -2.22. The molecule has 0 aliphatic carbocycles. The number of hydrogen-bond donors (Lipinski definition) is 1. The first kappa shape index (κ1) is 16.2. The van der Waals surface area contributed by atoms with Gasteiger partial charge >= 0.3 is 0 Å². The summed E-state index contributed by atoms with van der Waals surface area (Å²) in [5, 5.41) is 6.10. The first-order valence-corrected chi connectivity index (χ1v) is 7.10. The smallest absolute Gasteiger partial charge is 0.257 e. The topological polar surface area (TPSA) is 75.4 Å². The molecule has 0 atom stereocenters. The number of aromatic nitrogens is 1. The molecule has 1 aromatic heterocycles. The molecule has 1 aromatic carbocycles. The second kappa shape index (κ2) is 6.69. The van der Waals surface area contributed by atoms with Gasteiger partial charge in [-0.15, -0.1) is 0 Å². The van der Waals surface area contributed by atoms with Gasteiger partial charge in [-0.2, -0.15) is 0 Å². The van der Waals surface area contributed by atoms with Gasteiger partial charge in [0, 0.05) is 17.6 Å². The standard InChI is InChI=1S/C14H13BrFN3O3/c1-8-5-12(18-22-8)17-13(20)7-19(2)14(21)10-4-3-9(15)6-11(10)16/h3-6H,7H2,1-2H3,(H,17,18,20). The number of likely N-dealkylation sites (N-methyl/N-ethyl adjacent to an activating group) is 1. The van der Waals surface area contributed by atoms with E-state index in [1.54, 1.807) is 19.1 Å². The summed E-state index contributed by atoms with van der Waals surface area (Å²) < 4.78 is 19.1. The van der Waals surface area contributed by atoms with Crippen molar-refractivity contribution in [2.24, 2.45) is 0 Å². The molecule has 2 amide bonds. The molecule has 0 aliphatic heterocycles. The van der Waals surface area contributed by atoms with Crippen LogP contribution in [0.1, 0.15) is 16.1 Å². The van der Waals surface area contributed by atoms with E-state index >= 15 is 0 Å². The highest BCUT2D eigenvalue weighted by Gasteiger charge is 2.19. The van der Waals surface area contributed by atoms with Gasteiger partial charge in [-0.3, -0.25) is 9.59 Å². The summed E-state index contributed by atoms with van der Waals surface area (Å²) in [5.74, 6) is -0.883. The van der Waals surface area contributed by atoms with Crippen LogP contribution in [0.2, 0.25) is 0 Å². The van der Waals surface area contributed by atoms with Gasteiger partial charge in [-0.1, -0.05) is 21.1 Å². The van der Waals surface area contributed by atoms with Crippen molar-refractivity contribution in [3.05, 3.63) is 45.9 Å². The summed E-state index contributed by atoms with van der Waals surface area (Å²) in [6.07, 6.45) is 0. The van der Waals surface area contributed by atoms with Gasteiger partial charge in [0.05, 0.1) is 12.1 Å². The van der Waals surface area contributed by atoms with Crippen molar-refractivity contribution >= 4 is 33.6 Å². The third-order valence-electron chi connectivity index (χ3n) is 2.78. The van der Waals surface area contributed by atoms with Gasteiger partial charge in [-0.25, -0.2) is 4.39 Å². The normalized spacial score (nSPS) is 10.4. The van der Waals surface area contributed by atoms with Crippen LogP contribution in [0.25, 0.3) is 0 Å². The van der Waals surface area contributed by atoms with Crippen LogP contribution in [0.4, 0.5) is 10.2 Å². The number of aryl methyl sites for hydroxylation is 1. The zero-order valence-electron chi connectivity index (χ0n) is 11.9. The van der Waals surface area contributed by atoms with Crippen LogP contribution in [-0.2, 0) is 4.79 Å². The van der Waals surface area contributed by atoms with Crippen LogP contribution in [0.5, 0.6) is 0 Å². The van der Waals surface area contributed by atoms with Crippen LogP contribution in [-0.4, -0.2) is 35.5 Å². The molecule has 0 spiro atoms. The molecule has 0 fully saturated rings. The quantitative estimate of drug-likeness (QED) is 0.898. The van der Waals surface area contributed by atoms with Crippen LogP contribution < -0.4 is 5.32 Å². The maximum Gasteiger partial charge on any atom is 0.257 e. The second-order valence-corrected chi connectivity index (χ2v) is 5.57. The number of rotatable bonds is 4. The predicted molar refractivity (Wildman–Crippen MR) is 80.9 cm³/mol. The minimum Gasteiger partial charge on any atom is -0.360 e. The van der Waals surface area contributed by atoms with E-state index in [0.29, 0.717) is 10.2 Å². The van der Waals surface area contributed by atoms with E-state index in [1.807, 2.05) is 0 Å². The van der Waals surface area contributed by atoms with Crippen LogP contribution in [0, 0.1) is 12.7 Å². The highest BCUT2D eigenvalue weighted by atomic mass is 79.9. The van der Waals surface area contributed by atoms with E-state index in [1.165, 1.54) is 19.2 Å². The lowest BCUT2D eigenvalue weighted by atomic mass is 10.2. The lowest BCUT2D eigenvalue weighted by Crippen LogP contribution is -2.35. The Morgan fingerprint density at radius 1 is 1.41 bits per heavy atom. The molecule has 1 N–H and O–H groups in total. The van der Waals surface area contributed by atoms with Crippen molar-refractivity contribution in [2.75, 3.05) is 18.9 Å². The van der Waals surface area contributed by atoms with E-state index in [0.717, 1.165) is 4.90 Å². The maximum absolute atomic E-state index is 13.7. The Morgan fingerprint density at radius 3 is 2.73 bits per heavy atom. The zero-order valence-corrected chi connectivity index (χ0v) is 13.5. The molecule has 0 bridgehead atoms. The third kappa shape index (κ3) is 3.91. The Morgan fingerprint density at radius 2 is 2.14 bits per heavy atom. The summed E-state index contributed by atoms with van der Waals surface area (Å²) >= 11 is 3.12. The summed E-state index contributed by atoms with van der Waals surface area (Å²) in [6, 6.07) is 5.66. The summed E-state index contributed by atoms with van der Waals surface area (Å²) in [4.78, 5) is 25.1. The average Bonchev–Trinajstić information content (AvgIpc) is 2.83. The fraction of sp³-hybridized carbons (Fsp3) is 0.214. The van der Waals surface area contributed by atoms with Gasteiger partial charge < -0.3 is 14.7 Å². The van der Waals surface area contributed by atoms with E-state index < -0.39 is 17.6 Å². The Kier molecular flexibility index (Phi) is 4.92. The molecular formula is C14H13BrFN3O3. The lowest BCUT2D eigenvalue weighted by molar-refractivity contribution is -0.116. The average molecular weight is 370 g/mol. The summed E-state index contributed by atoms with van der Waals surface area (Å²) in [7, 11) is 1.41. The van der Waals surface area contributed by atoms with E-state index in [2.05, 4.69) is 26.4 Å². The van der Waals surface area contributed by atoms with Crippen LogP contribution in [0.15, 0.2) is 33.3 Å². The largest absolute Gasteiger partial charge is 0.360 e. The Labute approximate surface area is 134 Å². The monoisotopic (exact) mass is 369 g/mol. The molecule has 0 saturated heterocycles. The van der Waals surface area contributed by atoms with Gasteiger partial charge in [0.15, 0.2) is 5.82 Å². The van der Waals surface area contributed by atoms with Crippen molar-refractivity contribution in [1.29, 1.82) is 0 Å². The molecule has 0 unspecified atom stereocenters. The summed E-state index contributed by atoms with van der Waals surface area (Å²) in [5.41, 5.74) is -0.101. The lowest BCUT2D eigenvalue weighted by Gasteiger charge is -2.16. The maximum atomic E-state index is 13.7. The highest BCUT2D eigenvalue weighted by Crippen LogP contribution is 2.16. The fourth-order valence-electron chi connectivity index (χ4n) is 1.76. The first-order chi connectivity index (χ1) is 10.4. The molecular weight excluding hydrogens is 357 g/mol. The number of carbonyl (C=O) groups is 2. The van der Waals surface area contributed by atoms with E-state index in [9.17, 15) is 14.0 Å². The number of carbonyl (C=O) groups excluding carboxylic acids is 2. The van der Waals surface area contributed by atoms with Crippen molar-refractivity contribution in [1.82, 2.24) is 10.1 Å². The van der Waals surface area contributed by atoms with E-state index in [4.69, 9.17) is 4.52 Å².